The third kappa shape index (κ3) is 4.67. The van der Waals surface area contributed by atoms with Gasteiger partial charge in [-0.3, -0.25) is 9.59 Å². The van der Waals surface area contributed by atoms with Gasteiger partial charge in [-0.2, -0.15) is 5.26 Å². The highest BCUT2D eigenvalue weighted by atomic mass is 32.2. The molecule has 0 amide bonds. The Hall–Kier alpha value is -2.76. The van der Waals surface area contributed by atoms with E-state index in [2.05, 4.69) is 32.6 Å². The highest BCUT2D eigenvalue weighted by Crippen LogP contribution is 2.55. The summed E-state index contributed by atoms with van der Waals surface area (Å²) in [4.78, 5) is 30.1. The van der Waals surface area contributed by atoms with Crippen molar-refractivity contribution in [2.45, 2.75) is 64.2 Å². The van der Waals surface area contributed by atoms with Gasteiger partial charge >= 0.3 is 0 Å². The highest BCUT2D eigenvalue weighted by molar-refractivity contribution is 8.03. The summed E-state index contributed by atoms with van der Waals surface area (Å²) < 4.78 is 10.9. The molecule has 0 atom stereocenters. The van der Waals surface area contributed by atoms with Gasteiger partial charge in [0.05, 0.1) is 18.6 Å². The van der Waals surface area contributed by atoms with E-state index in [1.165, 1.54) is 7.11 Å². The molecule has 0 saturated carbocycles. The molecule has 0 spiro atoms. The van der Waals surface area contributed by atoms with Crippen molar-refractivity contribution in [2.75, 3.05) is 27.4 Å². The Balaban J connectivity index is 2.03. The molecule has 36 heavy (non-hydrogen) atoms. The lowest BCUT2D eigenvalue weighted by Gasteiger charge is -2.49. The largest absolute Gasteiger partial charge is 0.503 e. The Morgan fingerprint density at radius 2 is 1.58 bits per heavy atom. The van der Waals surface area contributed by atoms with Gasteiger partial charge in [0.25, 0.3) is 0 Å². The van der Waals surface area contributed by atoms with Crippen molar-refractivity contribution in [1.29, 1.82) is 5.26 Å². The maximum atomic E-state index is 13.8. The van der Waals surface area contributed by atoms with Crippen LogP contribution in [0.5, 0.6) is 11.5 Å². The Bertz CT molecular complexity index is 1170. The molecule has 1 aromatic rings. The molecule has 2 aliphatic carbocycles. The standard InChI is InChI=1S/C28H34N2O5S/c1-27(2)11-17-24(19(31)13-27)23(16-9-21(35-6)26(33)22(10-16)36-15-29)25-18(30(17)7-8-34-5)12-28(3,4)14-20(25)32/h9-10,23,33H,7-8,11-14H2,1-6H3. The molecule has 0 fully saturated rings. The number of hydrogen-bond acceptors (Lipinski definition) is 8. The van der Waals surface area contributed by atoms with Crippen molar-refractivity contribution >= 4 is 23.3 Å². The van der Waals surface area contributed by atoms with Gasteiger partial charge in [0, 0.05) is 55.0 Å². The van der Waals surface area contributed by atoms with Crippen molar-refractivity contribution < 1.29 is 24.2 Å². The monoisotopic (exact) mass is 510 g/mol. The lowest BCUT2D eigenvalue weighted by molar-refractivity contribution is -0.119. The summed E-state index contributed by atoms with van der Waals surface area (Å²) in [6.07, 6.45) is 2.18. The van der Waals surface area contributed by atoms with Gasteiger partial charge < -0.3 is 19.5 Å². The summed E-state index contributed by atoms with van der Waals surface area (Å²) in [5, 5.41) is 21.9. The number of phenols is 1. The smallest absolute Gasteiger partial charge is 0.172 e. The fraction of sp³-hybridized carbons (Fsp3) is 0.536. The molecule has 8 heteroatoms. The molecule has 4 rings (SSSR count). The van der Waals surface area contributed by atoms with Crippen molar-refractivity contribution in [3.8, 4) is 16.9 Å². The number of Topliss-reactive ketones (excluding diaryl/α,β-unsaturated/α-hetero) is 2. The number of ketones is 2. The van der Waals surface area contributed by atoms with E-state index >= 15 is 0 Å². The van der Waals surface area contributed by atoms with E-state index in [9.17, 15) is 20.0 Å². The predicted molar refractivity (Wildman–Crippen MR) is 138 cm³/mol. The summed E-state index contributed by atoms with van der Waals surface area (Å²) in [5.41, 5.74) is 3.41. The van der Waals surface area contributed by atoms with Crippen LogP contribution in [0.3, 0.4) is 0 Å². The van der Waals surface area contributed by atoms with E-state index in [1.54, 1.807) is 19.2 Å². The summed E-state index contributed by atoms with van der Waals surface area (Å²) >= 11 is 0.828. The molecular weight excluding hydrogens is 476 g/mol. The number of phenolic OH excluding ortho intramolecular Hbond substituents is 1. The Morgan fingerprint density at radius 1 is 1.03 bits per heavy atom. The van der Waals surface area contributed by atoms with Crippen LogP contribution in [0.4, 0.5) is 0 Å². The van der Waals surface area contributed by atoms with Crippen molar-refractivity contribution in [2.24, 2.45) is 10.8 Å². The predicted octanol–water partition coefficient (Wildman–Crippen LogP) is 5.31. The molecular formula is C28H34N2O5S. The molecule has 1 heterocycles. The lowest BCUT2D eigenvalue weighted by atomic mass is 9.63. The van der Waals surface area contributed by atoms with E-state index in [-0.39, 0.29) is 33.9 Å². The topological polar surface area (TPSA) is 99.9 Å². The summed E-state index contributed by atoms with van der Waals surface area (Å²) in [6, 6.07) is 3.41. The Labute approximate surface area is 217 Å². The zero-order valence-corrected chi connectivity index (χ0v) is 22.7. The van der Waals surface area contributed by atoms with Gasteiger partial charge in [-0.1, -0.05) is 27.7 Å². The Morgan fingerprint density at radius 3 is 2.06 bits per heavy atom. The van der Waals surface area contributed by atoms with Gasteiger partial charge in [-0.25, -0.2) is 0 Å². The van der Waals surface area contributed by atoms with Gasteiger partial charge in [0.2, 0.25) is 0 Å². The van der Waals surface area contributed by atoms with Crippen LogP contribution in [0.2, 0.25) is 0 Å². The number of thioether (sulfide) groups is 1. The minimum atomic E-state index is -0.575. The second kappa shape index (κ2) is 9.60. The molecule has 1 N–H and O–H groups in total. The number of allylic oxidation sites excluding steroid dienone is 4. The number of benzene rings is 1. The second-order valence-electron chi connectivity index (χ2n) is 11.4. The second-order valence-corrected chi connectivity index (χ2v) is 12.3. The number of nitriles is 1. The molecule has 0 bridgehead atoms. The van der Waals surface area contributed by atoms with Crippen LogP contribution in [0, 0.1) is 21.5 Å². The maximum Gasteiger partial charge on any atom is 0.172 e. The summed E-state index contributed by atoms with van der Waals surface area (Å²) in [7, 11) is 3.10. The number of hydrogen-bond donors (Lipinski definition) is 1. The first kappa shape index (κ1) is 26.3. The minimum absolute atomic E-state index is 0.0272. The number of carbonyl (C=O) groups is 2. The van der Waals surface area contributed by atoms with E-state index < -0.39 is 5.92 Å². The van der Waals surface area contributed by atoms with Gasteiger partial charge in [0.1, 0.15) is 5.40 Å². The minimum Gasteiger partial charge on any atom is -0.503 e. The van der Waals surface area contributed by atoms with Gasteiger partial charge in [-0.15, -0.1) is 0 Å². The lowest BCUT2D eigenvalue weighted by Crippen LogP contribution is -2.45. The van der Waals surface area contributed by atoms with Gasteiger partial charge in [0.15, 0.2) is 23.1 Å². The fourth-order valence-corrected chi connectivity index (χ4v) is 6.38. The van der Waals surface area contributed by atoms with Crippen LogP contribution >= 0.6 is 11.8 Å². The van der Waals surface area contributed by atoms with Crippen molar-refractivity contribution in [3.05, 3.63) is 40.2 Å². The molecule has 1 aromatic carbocycles. The Kier molecular flexibility index (Phi) is 7.02. The normalized spacial score (nSPS) is 21.3. The fourth-order valence-electron chi connectivity index (χ4n) is 5.89. The van der Waals surface area contributed by atoms with Gasteiger partial charge in [-0.05, 0) is 53.1 Å². The van der Waals surface area contributed by atoms with E-state index in [0.717, 1.165) is 23.2 Å². The van der Waals surface area contributed by atoms with E-state index in [4.69, 9.17) is 9.47 Å². The highest BCUT2D eigenvalue weighted by Gasteiger charge is 2.49. The first-order valence-electron chi connectivity index (χ1n) is 12.2. The van der Waals surface area contributed by atoms with Crippen LogP contribution in [0.25, 0.3) is 0 Å². The SMILES string of the molecule is COCCN1C2=C(C(=O)CC(C)(C)C2)C(c2cc(OC)c(O)c(SC#N)c2)C2=C1CC(C)(C)CC2=O. The first-order valence-corrected chi connectivity index (χ1v) is 13.0. The van der Waals surface area contributed by atoms with E-state index in [0.29, 0.717) is 60.4 Å². The average molecular weight is 511 g/mol. The summed E-state index contributed by atoms with van der Waals surface area (Å²) in [5.74, 6) is -0.434. The molecule has 0 saturated heterocycles. The first-order chi connectivity index (χ1) is 16.9. The molecule has 0 radical (unpaired) electrons. The molecule has 3 aliphatic rings. The van der Waals surface area contributed by atoms with Crippen molar-refractivity contribution in [1.82, 2.24) is 4.90 Å². The number of rotatable bonds is 6. The van der Waals surface area contributed by atoms with Crippen LogP contribution in [0.15, 0.2) is 39.6 Å². The average Bonchev–Trinajstić information content (AvgIpc) is 2.77. The van der Waals surface area contributed by atoms with Crippen LogP contribution in [-0.2, 0) is 14.3 Å². The molecule has 0 aromatic heterocycles. The number of carbonyl (C=O) groups excluding carboxylic acids is 2. The van der Waals surface area contributed by atoms with Crippen LogP contribution in [-0.4, -0.2) is 48.9 Å². The zero-order chi connectivity index (χ0) is 26.4. The third-order valence-electron chi connectivity index (χ3n) is 7.31. The molecule has 1 aliphatic heterocycles. The molecule has 0 unspecified atom stereocenters. The van der Waals surface area contributed by atoms with Crippen LogP contribution < -0.4 is 4.74 Å². The number of ether oxygens (including phenoxy) is 2. The van der Waals surface area contributed by atoms with E-state index in [1.807, 2.05) is 5.40 Å². The number of thiocyanates is 1. The maximum absolute atomic E-state index is 13.8. The summed E-state index contributed by atoms with van der Waals surface area (Å²) in [6.45, 7) is 9.43. The zero-order valence-electron chi connectivity index (χ0n) is 21.9. The molecule has 7 nitrogen and oxygen atoms in total. The van der Waals surface area contributed by atoms with Crippen LogP contribution in [0.1, 0.15) is 64.9 Å². The number of aromatic hydroxyl groups is 1. The number of methoxy groups -OCH3 is 2. The van der Waals surface area contributed by atoms with Crippen molar-refractivity contribution in [3.63, 3.8) is 0 Å². The molecule has 192 valence electrons. The quantitative estimate of drug-likeness (QED) is 0.406. The number of nitrogens with zero attached hydrogens (tertiary/aromatic N) is 2. The third-order valence-corrected chi connectivity index (χ3v) is 7.93.